The molecule has 0 saturated carbocycles. The topological polar surface area (TPSA) is 112 Å². The number of quaternary nitrogens is 1. The van der Waals surface area contributed by atoms with Gasteiger partial charge in [0.2, 0.25) is 10.0 Å². The van der Waals surface area contributed by atoms with E-state index in [0.717, 1.165) is 0 Å². The van der Waals surface area contributed by atoms with Crippen LogP contribution in [0.2, 0.25) is 0 Å². The lowest BCUT2D eigenvalue weighted by Gasteiger charge is -2.20. The van der Waals surface area contributed by atoms with Crippen molar-refractivity contribution in [3.8, 4) is 0 Å². The number of likely N-dealkylation sites (N-methyl/N-ethyl adjacent to an activating group) is 1. The Hall–Kier alpha value is -1.97. The van der Waals surface area contributed by atoms with Gasteiger partial charge in [-0.15, -0.1) is 0 Å². The van der Waals surface area contributed by atoms with E-state index in [1.165, 1.54) is 17.4 Å². The van der Waals surface area contributed by atoms with Crippen LogP contribution in [0.5, 0.6) is 0 Å². The summed E-state index contributed by atoms with van der Waals surface area (Å²) in [4.78, 5) is 23.2. The number of benzene rings is 1. The van der Waals surface area contributed by atoms with Crippen molar-refractivity contribution in [2.24, 2.45) is 0 Å². The van der Waals surface area contributed by atoms with Crippen LogP contribution in [0.3, 0.4) is 0 Å². The average Bonchev–Trinajstić information content (AvgIpc) is 2.57. The molecular formula is C16H27N4O4S+. The Balaban J connectivity index is 2.88. The van der Waals surface area contributed by atoms with Crippen molar-refractivity contribution in [3.63, 3.8) is 0 Å². The first-order valence-electron chi connectivity index (χ1n) is 8.19. The minimum Gasteiger partial charge on any atom is -0.354 e. The molecule has 140 valence electrons. The molecule has 0 saturated heterocycles. The number of rotatable bonds is 9. The molecule has 0 heterocycles. The third-order valence-corrected chi connectivity index (χ3v) is 5.93. The molecule has 1 aromatic carbocycles. The first-order valence-corrected chi connectivity index (χ1v) is 9.63. The SMILES string of the molecule is CCN(CC)S(=O)(=O)c1cc(NC(=O)C[NH2+]CC(=O)NC)ccc1C. The molecule has 9 heteroatoms. The molecule has 25 heavy (non-hydrogen) atoms. The predicted octanol–water partition coefficient (Wildman–Crippen LogP) is -0.727. The number of anilines is 1. The predicted molar refractivity (Wildman–Crippen MR) is 95.6 cm³/mol. The maximum Gasteiger partial charge on any atom is 0.279 e. The lowest BCUT2D eigenvalue weighted by Crippen LogP contribution is -2.88. The zero-order valence-electron chi connectivity index (χ0n) is 15.1. The number of aryl methyl sites for hydroxylation is 1. The fourth-order valence-electron chi connectivity index (χ4n) is 2.31. The molecule has 0 fully saturated rings. The van der Waals surface area contributed by atoms with Crippen LogP contribution in [0.4, 0.5) is 5.69 Å². The highest BCUT2D eigenvalue weighted by Crippen LogP contribution is 2.23. The standard InChI is InChI=1S/C16H26N4O4S/c1-5-20(6-2)25(23,24)14-9-13(8-7-12(14)3)19-16(22)11-18-10-15(21)17-4/h7-9,18H,5-6,10-11H2,1-4H3,(H,17,21)(H,19,22)/p+1. The highest BCUT2D eigenvalue weighted by atomic mass is 32.2. The molecule has 2 amide bonds. The van der Waals surface area contributed by atoms with Crippen LogP contribution in [0.25, 0.3) is 0 Å². The zero-order chi connectivity index (χ0) is 19.0. The lowest BCUT2D eigenvalue weighted by atomic mass is 10.2. The summed E-state index contributed by atoms with van der Waals surface area (Å²) in [6, 6.07) is 4.80. The summed E-state index contributed by atoms with van der Waals surface area (Å²) >= 11 is 0. The molecule has 8 nitrogen and oxygen atoms in total. The summed E-state index contributed by atoms with van der Waals surface area (Å²) in [6.45, 7) is 6.26. The monoisotopic (exact) mass is 371 g/mol. The number of amides is 2. The number of carbonyl (C=O) groups excluding carboxylic acids is 2. The molecule has 0 bridgehead atoms. The Morgan fingerprint density at radius 3 is 2.28 bits per heavy atom. The number of nitrogens with one attached hydrogen (secondary N) is 2. The van der Waals surface area contributed by atoms with Crippen LogP contribution in [0.1, 0.15) is 19.4 Å². The van der Waals surface area contributed by atoms with E-state index < -0.39 is 10.0 Å². The van der Waals surface area contributed by atoms with Crippen LogP contribution in [0, 0.1) is 6.92 Å². The smallest absolute Gasteiger partial charge is 0.279 e. The third-order valence-electron chi connectivity index (χ3n) is 3.73. The number of hydrogen-bond acceptors (Lipinski definition) is 4. The molecule has 1 rings (SSSR count). The van der Waals surface area contributed by atoms with Crippen molar-refractivity contribution < 1.29 is 23.3 Å². The molecule has 1 aromatic rings. The largest absolute Gasteiger partial charge is 0.354 e. The second-order valence-electron chi connectivity index (χ2n) is 5.49. The van der Waals surface area contributed by atoms with E-state index in [9.17, 15) is 18.0 Å². The van der Waals surface area contributed by atoms with Gasteiger partial charge < -0.3 is 16.0 Å². The average molecular weight is 371 g/mol. The molecular weight excluding hydrogens is 344 g/mol. The normalized spacial score (nSPS) is 11.4. The van der Waals surface area contributed by atoms with Crippen LogP contribution in [0.15, 0.2) is 23.1 Å². The highest BCUT2D eigenvalue weighted by molar-refractivity contribution is 7.89. The maximum atomic E-state index is 12.7. The van der Waals surface area contributed by atoms with Crippen LogP contribution in [-0.2, 0) is 19.6 Å². The van der Waals surface area contributed by atoms with E-state index in [1.807, 2.05) is 0 Å². The third kappa shape index (κ3) is 5.80. The quantitative estimate of drug-likeness (QED) is 0.531. The minimum atomic E-state index is -3.60. The Morgan fingerprint density at radius 1 is 1.12 bits per heavy atom. The van der Waals surface area contributed by atoms with Gasteiger partial charge in [0.1, 0.15) is 0 Å². The summed E-state index contributed by atoms with van der Waals surface area (Å²) in [7, 11) is -2.07. The number of hydrogen-bond donors (Lipinski definition) is 3. The highest BCUT2D eigenvalue weighted by Gasteiger charge is 2.24. The van der Waals surface area contributed by atoms with Crippen molar-refractivity contribution in [3.05, 3.63) is 23.8 Å². The Labute approximate surface area is 149 Å². The number of sulfonamides is 1. The first-order chi connectivity index (χ1) is 11.8. The first kappa shape index (κ1) is 21.1. The van der Waals surface area contributed by atoms with Gasteiger partial charge in [-0.05, 0) is 24.6 Å². The van der Waals surface area contributed by atoms with Crippen molar-refractivity contribution >= 4 is 27.5 Å². The molecule has 0 aromatic heterocycles. The zero-order valence-corrected chi connectivity index (χ0v) is 15.9. The molecule has 0 atom stereocenters. The fourth-order valence-corrected chi connectivity index (χ4v) is 4.02. The fraction of sp³-hybridized carbons (Fsp3) is 0.500. The van der Waals surface area contributed by atoms with E-state index in [-0.39, 0.29) is 29.8 Å². The molecule has 0 unspecified atom stereocenters. The van der Waals surface area contributed by atoms with Gasteiger partial charge in [-0.3, -0.25) is 9.59 Å². The summed E-state index contributed by atoms with van der Waals surface area (Å²) in [5, 5.41) is 6.70. The van der Waals surface area contributed by atoms with Gasteiger partial charge in [-0.1, -0.05) is 19.9 Å². The van der Waals surface area contributed by atoms with E-state index in [1.54, 1.807) is 38.2 Å². The lowest BCUT2D eigenvalue weighted by molar-refractivity contribution is -0.632. The van der Waals surface area contributed by atoms with E-state index in [0.29, 0.717) is 24.3 Å². The number of nitrogens with zero attached hydrogens (tertiary/aromatic N) is 1. The van der Waals surface area contributed by atoms with Gasteiger partial charge in [-0.25, -0.2) is 8.42 Å². The van der Waals surface area contributed by atoms with Crippen LogP contribution in [-0.4, -0.2) is 57.8 Å². The van der Waals surface area contributed by atoms with E-state index in [4.69, 9.17) is 0 Å². The van der Waals surface area contributed by atoms with Crippen molar-refractivity contribution in [2.75, 3.05) is 38.5 Å². The Kier molecular flexibility index (Phi) is 8.01. The van der Waals surface area contributed by atoms with Gasteiger partial charge in [0.25, 0.3) is 11.8 Å². The summed E-state index contributed by atoms with van der Waals surface area (Å²) < 4.78 is 26.8. The van der Waals surface area contributed by atoms with E-state index >= 15 is 0 Å². The number of nitrogens with two attached hydrogens (primary N) is 1. The van der Waals surface area contributed by atoms with Gasteiger partial charge >= 0.3 is 0 Å². The molecule has 0 aliphatic heterocycles. The molecule has 0 radical (unpaired) electrons. The Morgan fingerprint density at radius 2 is 1.72 bits per heavy atom. The van der Waals surface area contributed by atoms with Gasteiger partial charge in [0.05, 0.1) is 4.90 Å². The van der Waals surface area contributed by atoms with Crippen LogP contribution >= 0.6 is 0 Å². The summed E-state index contributed by atoms with van der Waals surface area (Å²) in [5.74, 6) is -0.477. The van der Waals surface area contributed by atoms with Crippen molar-refractivity contribution in [1.82, 2.24) is 9.62 Å². The van der Waals surface area contributed by atoms with Crippen molar-refractivity contribution in [2.45, 2.75) is 25.7 Å². The summed E-state index contributed by atoms with van der Waals surface area (Å²) in [5.41, 5.74) is 1.03. The molecule has 4 N–H and O–H groups in total. The van der Waals surface area contributed by atoms with Gasteiger partial charge in [-0.2, -0.15) is 4.31 Å². The minimum absolute atomic E-state index is 0.0689. The van der Waals surface area contributed by atoms with Gasteiger partial charge in [0, 0.05) is 25.8 Å². The second-order valence-corrected chi connectivity index (χ2v) is 7.39. The van der Waals surface area contributed by atoms with Gasteiger partial charge in [0.15, 0.2) is 13.1 Å². The Bertz CT molecular complexity index is 715. The summed E-state index contributed by atoms with van der Waals surface area (Å²) in [6.07, 6.45) is 0. The van der Waals surface area contributed by atoms with Crippen molar-refractivity contribution in [1.29, 1.82) is 0 Å². The molecule has 0 spiro atoms. The number of carbonyl (C=O) groups is 2. The molecule has 0 aliphatic carbocycles. The maximum absolute atomic E-state index is 12.7. The molecule has 0 aliphatic rings. The van der Waals surface area contributed by atoms with E-state index in [2.05, 4.69) is 10.6 Å². The second kappa shape index (κ2) is 9.50. The van der Waals surface area contributed by atoms with Crippen LogP contribution < -0.4 is 16.0 Å².